The van der Waals surface area contributed by atoms with Gasteiger partial charge in [-0.3, -0.25) is 14.5 Å². The number of ether oxygens (including phenoxy) is 1. The molecule has 0 aliphatic carbocycles. The first kappa shape index (κ1) is 15.3. The van der Waals surface area contributed by atoms with E-state index in [2.05, 4.69) is 0 Å². The maximum Gasteiger partial charge on any atom is 0.326 e. The van der Waals surface area contributed by atoms with Crippen molar-refractivity contribution in [3.8, 4) is 5.75 Å². The number of likely N-dealkylation sites (tertiary alicyclic amines) is 1. The molecule has 0 spiro atoms. The van der Waals surface area contributed by atoms with Crippen molar-refractivity contribution in [3.05, 3.63) is 24.3 Å². The van der Waals surface area contributed by atoms with Gasteiger partial charge in [0.2, 0.25) is 5.91 Å². The second kappa shape index (κ2) is 5.91. The Morgan fingerprint density at radius 2 is 2.09 bits per heavy atom. The molecule has 2 heterocycles. The molecule has 3 rings (SSSR count). The van der Waals surface area contributed by atoms with Crippen molar-refractivity contribution in [2.45, 2.75) is 31.9 Å². The van der Waals surface area contributed by atoms with Crippen LogP contribution in [0.15, 0.2) is 24.3 Å². The van der Waals surface area contributed by atoms with Crippen LogP contribution in [0.25, 0.3) is 0 Å². The smallest absolute Gasteiger partial charge is 0.326 e. The summed E-state index contributed by atoms with van der Waals surface area (Å²) in [7, 11) is 0. The van der Waals surface area contributed by atoms with Crippen LogP contribution >= 0.6 is 0 Å². The quantitative estimate of drug-likeness (QED) is 0.894. The maximum atomic E-state index is 12.5. The molecule has 2 atom stereocenters. The third-order valence-electron chi connectivity index (χ3n) is 4.23. The zero-order valence-corrected chi connectivity index (χ0v) is 12.8. The van der Waals surface area contributed by atoms with Gasteiger partial charge in [0.1, 0.15) is 18.3 Å². The molecule has 0 radical (unpaired) electrons. The Hall–Kier alpha value is -2.57. The number of carboxylic acids is 1. The molecule has 2 aliphatic heterocycles. The topological polar surface area (TPSA) is 87.2 Å². The summed E-state index contributed by atoms with van der Waals surface area (Å²) in [4.78, 5) is 38.8. The number of fused-ring (bicyclic) bond motifs is 1. The average Bonchev–Trinajstić information content (AvgIpc) is 3.01. The predicted molar refractivity (Wildman–Crippen MR) is 81.3 cm³/mol. The van der Waals surface area contributed by atoms with Crippen LogP contribution in [0.2, 0.25) is 0 Å². The molecule has 7 nitrogen and oxygen atoms in total. The largest absolute Gasteiger partial charge is 0.480 e. The number of carbonyl (C=O) groups is 3. The molecule has 2 aliphatic rings. The molecule has 0 bridgehead atoms. The van der Waals surface area contributed by atoms with Crippen molar-refractivity contribution in [3.63, 3.8) is 0 Å². The minimum absolute atomic E-state index is 0.173. The highest BCUT2D eigenvalue weighted by atomic mass is 16.5. The summed E-state index contributed by atoms with van der Waals surface area (Å²) in [5.74, 6) is -1.11. The molecule has 1 saturated heterocycles. The highest BCUT2D eigenvalue weighted by Gasteiger charge is 2.38. The number of benzene rings is 1. The van der Waals surface area contributed by atoms with Gasteiger partial charge in [-0.25, -0.2) is 4.79 Å². The van der Waals surface area contributed by atoms with Gasteiger partial charge in [0, 0.05) is 6.54 Å². The van der Waals surface area contributed by atoms with Crippen LogP contribution < -0.4 is 9.64 Å². The number of amides is 2. The number of hydrogen-bond donors (Lipinski definition) is 1. The van der Waals surface area contributed by atoms with Gasteiger partial charge in [0.15, 0.2) is 6.10 Å². The Morgan fingerprint density at radius 1 is 1.35 bits per heavy atom. The van der Waals surface area contributed by atoms with Gasteiger partial charge in [0.25, 0.3) is 5.91 Å². The van der Waals surface area contributed by atoms with Crippen LogP contribution in [0.3, 0.4) is 0 Å². The number of anilines is 1. The van der Waals surface area contributed by atoms with E-state index in [0.717, 1.165) is 0 Å². The molecule has 23 heavy (non-hydrogen) atoms. The predicted octanol–water partition coefficient (Wildman–Crippen LogP) is 0.876. The first-order chi connectivity index (χ1) is 11.0. The number of nitrogens with zero attached hydrogens (tertiary/aromatic N) is 2. The zero-order chi connectivity index (χ0) is 16.6. The standard InChI is InChI=1S/C16H18N2O5/c1-10-15(20)18(11-5-2-3-7-13(11)23-10)9-14(19)17-8-4-6-12(17)16(21)22/h2-3,5,7,10,12H,4,6,8-9H2,1H3,(H,21,22)/t10?,12-/m1/s1. The lowest BCUT2D eigenvalue weighted by atomic mass is 10.2. The zero-order valence-electron chi connectivity index (χ0n) is 12.8. The lowest BCUT2D eigenvalue weighted by Crippen LogP contribution is -2.51. The van der Waals surface area contributed by atoms with E-state index < -0.39 is 18.1 Å². The minimum atomic E-state index is -1.00. The van der Waals surface area contributed by atoms with E-state index in [-0.39, 0.29) is 18.4 Å². The lowest BCUT2D eigenvalue weighted by Gasteiger charge is -2.34. The Kier molecular flexibility index (Phi) is 3.94. The third-order valence-corrected chi connectivity index (χ3v) is 4.23. The van der Waals surface area contributed by atoms with Crippen molar-refractivity contribution in [2.24, 2.45) is 0 Å². The second-order valence-corrected chi connectivity index (χ2v) is 5.74. The number of aliphatic carboxylic acids is 1. The van der Waals surface area contributed by atoms with Crippen molar-refractivity contribution in [2.75, 3.05) is 18.0 Å². The van der Waals surface area contributed by atoms with Gasteiger partial charge < -0.3 is 14.7 Å². The van der Waals surface area contributed by atoms with Crippen LogP contribution in [-0.2, 0) is 14.4 Å². The van der Waals surface area contributed by atoms with E-state index in [1.54, 1.807) is 31.2 Å². The van der Waals surface area contributed by atoms with Gasteiger partial charge in [-0.1, -0.05) is 12.1 Å². The lowest BCUT2D eigenvalue weighted by molar-refractivity contribution is -0.147. The normalized spacial score (nSPS) is 23.4. The van der Waals surface area contributed by atoms with Gasteiger partial charge in [-0.15, -0.1) is 0 Å². The van der Waals surface area contributed by atoms with E-state index in [1.807, 2.05) is 0 Å². The Bertz CT molecular complexity index is 660. The molecule has 1 N–H and O–H groups in total. The van der Waals surface area contributed by atoms with Gasteiger partial charge in [0.05, 0.1) is 5.69 Å². The molecule has 1 fully saturated rings. The van der Waals surface area contributed by atoms with Crippen molar-refractivity contribution in [1.82, 2.24) is 4.90 Å². The van der Waals surface area contributed by atoms with Crippen molar-refractivity contribution < 1.29 is 24.2 Å². The monoisotopic (exact) mass is 318 g/mol. The second-order valence-electron chi connectivity index (χ2n) is 5.74. The van der Waals surface area contributed by atoms with E-state index in [9.17, 15) is 19.5 Å². The number of rotatable bonds is 3. The Morgan fingerprint density at radius 3 is 2.83 bits per heavy atom. The molecule has 0 aromatic heterocycles. The number of carbonyl (C=O) groups excluding carboxylic acids is 2. The highest BCUT2D eigenvalue weighted by molar-refractivity contribution is 6.04. The number of para-hydroxylation sites is 2. The molecule has 1 unspecified atom stereocenters. The summed E-state index contributed by atoms with van der Waals surface area (Å²) in [5.41, 5.74) is 0.537. The SMILES string of the molecule is CC1Oc2ccccc2N(CC(=O)N2CCC[C@@H]2C(=O)O)C1=O. The van der Waals surface area contributed by atoms with Crippen LogP contribution in [0.4, 0.5) is 5.69 Å². The van der Waals surface area contributed by atoms with Crippen LogP contribution in [0.5, 0.6) is 5.75 Å². The van der Waals surface area contributed by atoms with E-state index in [0.29, 0.717) is 30.8 Å². The minimum Gasteiger partial charge on any atom is -0.480 e. The molecule has 1 aromatic carbocycles. The van der Waals surface area contributed by atoms with Crippen LogP contribution in [-0.4, -0.2) is 53.0 Å². The summed E-state index contributed by atoms with van der Waals surface area (Å²) in [6, 6.07) is 6.21. The van der Waals surface area contributed by atoms with Gasteiger partial charge in [-0.05, 0) is 31.9 Å². The van der Waals surface area contributed by atoms with Gasteiger partial charge >= 0.3 is 5.97 Å². The first-order valence-electron chi connectivity index (χ1n) is 7.58. The van der Waals surface area contributed by atoms with Crippen LogP contribution in [0, 0.1) is 0 Å². The third kappa shape index (κ3) is 2.74. The average molecular weight is 318 g/mol. The van der Waals surface area contributed by atoms with E-state index in [4.69, 9.17) is 4.74 Å². The molecular weight excluding hydrogens is 300 g/mol. The summed E-state index contributed by atoms with van der Waals surface area (Å²) < 4.78 is 5.53. The fraction of sp³-hybridized carbons (Fsp3) is 0.438. The molecule has 2 amide bonds. The Balaban J connectivity index is 1.83. The fourth-order valence-corrected chi connectivity index (χ4v) is 3.07. The molecule has 122 valence electrons. The molecule has 1 aromatic rings. The summed E-state index contributed by atoms with van der Waals surface area (Å²) in [5, 5.41) is 9.20. The number of carboxylic acid groups (broad SMARTS) is 1. The van der Waals surface area contributed by atoms with Gasteiger partial charge in [-0.2, -0.15) is 0 Å². The summed E-state index contributed by atoms with van der Waals surface area (Å²) >= 11 is 0. The highest BCUT2D eigenvalue weighted by Crippen LogP contribution is 2.33. The van der Waals surface area contributed by atoms with E-state index in [1.165, 1.54) is 9.80 Å². The first-order valence-corrected chi connectivity index (χ1v) is 7.58. The summed E-state index contributed by atoms with van der Waals surface area (Å²) in [6.07, 6.45) is 0.435. The molecule has 0 saturated carbocycles. The molecule has 7 heteroatoms. The molecular formula is C16H18N2O5. The number of hydrogen-bond acceptors (Lipinski definition) is 4. The van der Waals surface area contributed by atoms with Crippen LogP contribution in [0.1, 0.15) is 19.8 Å². The maximum absolute atomic E-state index is 12.5. The van der Waals surface area contributed by atoms with Crippen molar-refractivity contribution >= 4 is 23.5 Å². The summed E-state index contributed by atoms with van der Waals surface area (Å²) in [6.45, 7) is 1.87. The Labute approximate surface area is 133 Å². The van der Waals surface area contributed by atoms with Crippen molar-refractivity contribution in [1.29, 1.82) is 0 Å². The fourth-order valence-electron chi connectivity index (χ4n) is 3.07. The van der Waals surface area contributed by atoms with E-state index >= 15 is 0 Å².